The summed E-state index contributed by atoms with van der Waals surface area (Å²) in [5, 5.41) is -0.350. The summed E-state index contributed by atoms with van der Waals surface area (Å²) in [5.74, 6) is -0.00355. The standard InChI is InChI=1S/C24H19F3N4O5S/c25-24(26,27)16-4-6-17(7-5-16)36-21-3-1-2-15-12-31(9-8-19(15)21)22(32)20-11-29-23(30-20)37(33,34)13-18-10-28-14-35-18/h1-7,10-11,14H,8-9,12-13H2,(H,29,30). The number of aromatic nitrogens is 3. The van der Waals surface area contributed by atoms with E-state index in [9.17, 15) is 26.4 Å². The first-order chi connectivity index (χ1) is 17.6. The lowest BCUT2D eigenvalue weighted by Gasteiger charge is -2.29. The highest BCUT2D eigenvalue weighted by molar-refractivity contribution is 7.90. The van der Waals surface area contributed by atoms with E-state index in [4.69, 9.17) is 9.15 Å². The van der Waals surface area contributed by atoms with Crippen LogP contribution in [-0.2, 0) is 34.7 Å². The second kappa shape index (κ2) is 9.39. The summed E-state index contributed by atoms with van der Waals surface area (Å²) in [5.41, 5.74) is 0.828. The zero-order valence-electron chi connectivity index (χ0n) is 19.0. The fourth-order valence-corrected chi connectivity index (χ4v) is 5.12. The molecule has 3 heterocycles. The van der Waals surface area contributed by atoms with Crippen LogP contribution in [0.4, 0.5) is 13.2 Å². The van der Waals surface area contributed by atoms with Gasteiger partial charge in [-0.2, -0.15) is 13.2 Å². The van der Waals surface area contributed by atoms with Gasteiger partial charge in [-0.05, 0) is 42.3 Å². The van der Waals surface area contributed by atoms with Crippen molar-refractivity contribution < 1.29 is 35.5 Å². The maximum Gasteiger partial charge on any atom is 0.416 e. The molecule has 192 valence electrons. The highest BCUT2D eigenvalue weighted by atomic mass is 32.2. The van der Waals surface area contributed by atoms with Gasteiger partial charge in [0.1, 0.15) is 28.7 Å². The number of oxazole rings is 1. The number of carbonyl (C=O) groups excluding carboxylic acids is 1. The van der Waals surface area contributed by atoms with Crippen LogP contribution in [-0.4, -0.2) is 40.7 Å². The maximum absolute atomic E-state index is 13.1. The first-order valence-electron chi connectivity index (χ1n) is 11.0. The molecule has 2 aromatic carbocycles. The molecule has 1 N–H and O–H groups in total. The Morgan fingerprint density at radius 1 is 1.16 bits per heavy atom. The lowest BCUT2D eigenvalue weighted by Crippen LogP contribution is -2.36. The summed E-state index contributed by atoms with van der Waals surface area (Å²) in [6.45, 7) is 0.539. The van der Waals surface area contributed by atoms with Gasteiger partial charge in [-0.3, -0.25) is 4.79 Å². The minimum Gasteiger partial charge on any atom is -0.457 e. The molecule has 0 aliphatic carbocycles. The Morgan fingerprint density at radius 2 is 1.95 bits per heavy atom. The maximum atomic E-state index is 13.1. The zero-order valence-corrected chi connectivity index (χ0v) is 19.8. The Kier molecular flexibility index (Phi) is 6.23. The number of alkyl halides is 3. The highest BCUT2D eigenvalue weighted by Crippen LogP contribution is 2.34. The molecule has 37 heavy (non-hydrogen) atoms. The van der Waals surface area contributed by atoms with Crippen LogP contribution >= 0.6 is 0 Å². The van der Waals surface area contributed by atoms with Crippen molar-refractivity contribution in [1.82, 2.24) is 19.9 Å². The summed E-state index contributed by atoms with van der Waals surface area (Å²) < 4.78 is 74.4. The summed E-state index contributed by atoms with van der Waals surface area (Å²) in [6, 6.07) is 9.69. The van der Waals surface area contributed by atoms with E-state index in [-0.39, 0.29) is 28.9 Å². The Hall–Kier alpha value is -4.13. The summed E-state index contributed by atoms with van der Waals surface area (Å²) in [4.78, 5) is 24.8. The lowest BCUT2D eigenvalue weighted by molar-refractivity contribution is -0.137. The van der Waals surface area contributed by atoms with E-state index >= 15 is 0 Å². The number of halogens is 3. The monoisotopic (exact) mass is 532 g/mol. The number of benzene rings is 2. The molecule has 13 heteroatoms. The van der Waals surface area contributed by atoms with Gasteiger partial charge in [0.05, 0.1) is 11.8 Å². The van der Waals surface area contributed by atoms with Crippen LogP contribution in [0.25, 0.3) is 0 Å². The minimum absolute atomic E-state index is 0.0447. The molecular formula is C24H19F3N4O5S. The number of rotatable bonds is 6. The van der Waals surface area contributed by atoms with Crippen molar-refractivity contribution in [2.45, 2.75) is 30.1 Å². The molecule has 2 aromatic heterocycles. The van der Waals surface area contributed by atoms with Gasteiger partial charge in [-0.15, -0.1) is 0 Å². The van der Waals surface area contributed by atoms with Crippen LogP contribution in [0, 0.1) is 0 Å². The van der Waals surface area contributed by atoms with Crippen LogP contribution in [0.5, 0.6) is 11.5 Å². The van der Waals surface area contributed by atoms with E-state index in [0.29, 0.717) is 18.7 Å². The molecule has 5 rings (SSSR count). The summed E-state index contributed by atoms with van der Waals surface area (Å²) in [7, 11) is -3.87. The van der Waals surface area contributed by atoms with Crippen molar-refractivity contribution in [3.8, 4) is 11.5 Å². The molecule has 4 aromatic rings. The second-order valence-electron chi connectivity index (χ2n) is 8.31. The van der Waals surface area contributed by atoms with Crippen molar-refractivity contribution >= 4 is 15.7 Å². The molecule has 0 unspecified atom stereocenters. The van der Waals surface area contributed by atoms with Crippen LogP contribution < -0.4 is 4.74 Å². The Labute approximate surface area is 208 Å². The van der Waals surface area contributed by atoms with Crippen molar-refractivity contribution in [2.75, 3.05) is 6.54 Å². The van der Waals surface area contributed by atoms with Gasteiger partial charge < -0.3 is 19.0 Å². The number of hydrogen-bond acceptors (Lipinski definition) is 7. The molecule has 0 saturated heterocycles. The molecule has 0 spiro atoms. The molecule has 0 fully saturated rings. The Bertz CT molecular complexity index is 1530. The third-order valence-corrected chi connectivity index (χ3v) is 7.27. The van der Waals surface area contributed by atoms with Crippen LogP contribution in [0.1, 0.15) is 32.9 Å². The second-order valence-corrected chi connectivity index (χ2v) is 10.2. The van der Waals surface area contributed by atoms with Gasteiger partial charge in [0, 0.05) is 24.8 Å². The van der Waals surface area contributed by atoms with E-state index in [1.165, 1.54) is 29.4 Å². The zero-order chi connectivity index (χ0) is 26.2. The number of hydrogen-bond donors (Lipinski definition) is 1. The van der Waals surface area contributed by atoms with E-state index in [1.54, 1.807) is 12.1 Å². The number of fused-ring (bicyclic) bond motifs is 1. The van der Waals surface area contributed by atoms with Gasteiger partial charge >= 0.3 is 6.18 Å². The van der Waals surface area contributed by atoms with Crippen molar-refractivity contribution in [1.29, 1.82) is 0 Å². The number of imidazole rings is 1. The number of H-pyrrole nitrogens is 1. The minimum atomic E-state index is -4.43. The third-order valence-electron chi connectivity index (χ3n) is 5.80. The smallest absolute Gasteiger partial charge is 0.416 e. The molecule has 1 aliphatic rings. The van der Waals surface area contributed by atoms with Crippen LogP contribution in [0.3, 0.4) is 0 Å². The van der Waals surface area contributed by atoms with E-state index in [2.05, 4.69) is 15.0 Å². The van der Waals surface area contributed by atoms with Gasteiger partial charge in [0.25, 0.3) is 5.91 Å². The first kappa shape index (κ1) is 24.6. The lowest BCUT2D eigenvalue weighted by atomic mass is 9.98. The third kappa shape index (κ3) is 5.21. The molecule has 9 nitrogen and oxygen atoms in total. The quantitative estimate of drug-likeness (QED) is 0.392. The molecule has 1 amide bonds. The summed E-state index contributed by atoms with van der Waals surface area (Å²) in [6.07, 6.45) is -0.353. The number of ether oxygens (including phenoxy) is 1. The van der Waals surface area contributed by atoms with Crippen molar-refractivity contribution in [3.63, 3.8) is 0 Å². The van der Waals surface area contributed by atoms with Crippen LogP contribution in [0.2, 0.25) is 0 Å². The van der Waals surface area contributed by atoms with E-state index in [1.807, 2.05) is 6.07 Å². The van der Waals surface area contributed by atoms with Gasteiger partial charge in [-0.1, -0.05) is 12.1 Å². The largest absolute Gasteiger partial charge is 0.457 e. The first-order valence-corrected chi connectivity index (χ1v) is 12.7. The Balaban J connectivity index is 1.29. The van der Waals surface area contributed by atoms with Gasteiger partial charge in [-0.25, -0.2) is 18.4 Å². The highest BCUT2D eigenvalue weighted by Gasteiger charge is 2.31. The molecule has 1 aliphatic heterocycles. The molecule has 0 bridgehead atoms. The summed E-state index contributed by atoms with van der Waals surface area (Å²) >= 11 is 0. The average Bonchev–Trinajstić information content (AvgIpc) is 3.56. The molecule has 0 saturated carbocycles. The predicted molar refractivity (Wildman–Crippen MR) is 122 cm³/mol. The molecule has 0 radical (unpaired) electrons. The fraction of sp³-hybridized carbons (Fsp3) is 0.208. The normalized spacial score (nSPS) is 13.9. The Morgan fingerprint density at radius 3 is 2.65 bits per heavy atom. The topological polar surface area (TPSA) is 118 Å². The number of nitrogens with zero attached hydrogens (tertiary/aromatic N) is 3. The fourth-order valence-electron chi connectivity index (χ4n) is 3.99. The number of aromatic amines is 1. The predicted octanol–water partition coefficient (Wildman–Crippen LogP) is 4.38. The van der Waals surface area contributed by atoms with Crippen molar-refractivity contribution in [2.24, 2.45) is 0 Å². The number of amides is 1. The van der Waals surface area contributed by atoms with Crippen LogP contribution in [0.15, 0.2) is 70.8 Å². The van der Waals surface area contributed by atoms with E-state index in [0.717, 1.165) is 29.7 Å². The number of carbonyl (C=O) groups is 1. The van der Waals surface area contributed by atoms with Gasteiger partial charge in [0.15, 0.2) is 6.39 Å². The van der Waals surface area contributed by atoms with E-state index < -0.39 is 33.2 Å². The molecular weight excluding hydrogens is 513 g/mol. The van der Waals surface area contributed by atoms with Gasteiger partial charge in [0.2, 0.25) is 15.0 Å². The average molecular weight is 533 g/mol. The number of sulfone groups is 1. The number of nitrogens with one attached hydrogen (secondary N) is 1. The SMILES string of the molecule is O=C(c1c[nH]c(S(=O)(=O)Cc2cnco2)n1)N1CCc2c(cccc2Oc2ccc(C(F)(F)F)cc2)C1. The van der Waals surface area contributed by atoms with Crippen molar-refractivity contribution in [3.05, 3.63) is 89.4 Å². The molecule has 0 atom stereocenters.